The molecule has 0 saturated heterocycles. The number of carbonyl (C=O) groups excluding carboxylic acids is 1. The van der Waals surface area contributed by atoms with Gasteiger partial charge in [-0.1, -0.05) is 11.6 Å². The van der Waals surface area contributed by atoms with E-state index in [9.17, 15) is 4.79 Å². The smallest absolute Gasteiger partial charge is 0.350 e. The van der Waals surface area contributed by atoms with E-state index in [0.717, 1.165) is 10.4 Å². The fourth-order valence-electron chi connectivity index (χ4n) is 1.76. The van der Waals surface area contributed by atoms with Crippen LogP contribution in [0.2, 0.25) is 5.02 Å². The van der Waals surface area contributed by atoms with Crippen molar-refractivity contribution in [1.82, 2.24) is 0 Å². The third-order valence-electron chi connectivity index (χ3n) is 2.65. The van der Waals surface area contributed by atoms with Crippen molar-refractivity contribution in [2.24, 2.45) is 0 Å². The molecule has 6 heteroatoms. The van der Waals surface area contributed by atoms with Gasteiger partial charge in [0.15, 0.2) is 0 Å². The van der Waals surface area contributed by atoms with Gasteiger partial charge in [-0.05, 0) is 31.2 Å². The summed E-state index contributed by atoms with van der Waals surface area (Å²) in [7, 11) is 1.57. The van der Waals surface area contributed by atoms with Crippen molar-refractivity contribution in [3.63, 3.8) is 0 Å². The lowest BCUT2D eigenvalue weighted by atomic mass is 10.1. The fraction of sp³-hybridized carbons (Fsp3) is 0.214. The molecule has 0 unspecified atom stereocenters. The molecule has 2 rings (SSSR count). The molecule has 0 fully saturated rings. The van der Waals surface area contributed by atoms with Crippen LogP contribution in [0.5, 0.6) is 5.75 Å². The molecule has 2 N–H and O–H groups in total. The average Bonchev–Trinajstić information content (AvgIpc) is 2.80. The van der Waals surface area contributed by atoms with Gasteiger partial charge in [0.05, 0.1) is 19.4 Å². The number of anilines is 1. The third kappa shape index (κ3) is 2.89. The standard InChI is InChI=1S/C14H14ClNO3S/c1-3-19-14(17)13-10(16)7-12(20-13)9-5-4-8(15)6-11(9)18-2/h4-7H,3,16H2,1-2H3. The van der Waals surface area contributed by atoms with Crippen LogP contribution in [0, 0.1) is 0 Å². The monoisotopic (exact) mass is 311 g/mol. The van der Waals surface area contributed by atoms with Crippen LogP contribution in [0.25, 0.3) is 10.4 Å². The summed E-state index contributed by atoms with van der Waals surface area (Å²) in [6.45, 7) is 2.07. The maximum Gasteiger partial charge on any atom is 0.350 e. The van der Waals surface area contributed by atoms with E-state index in [1.165, 1.54) is 11.3 Å². The molecule has 0 spiro atoms. The first-order valence-electron chi connectivity index (χ1n) is 5.97. The average molecular weight is 312 g/mol. The predicted molar refractivity (Wildman–Crippen MR) is 81.7 cm³/mol. The highest BCUT2D eigenvalue weighted by atomic mass is 35.5. The summed E-state index contributed by atoms with van der Waals surface area (Å²) in [5, 5.41) is 0.584. The second kappa shape index (κ2) is 6.15. The molecule has 4 nitrogen and oxygen atoms in total. The first-order chi connectivity index (χ1) is 9.56. The summed E-state index contributed by atoms with van der Waals surface area (Å²) in [6.07, 6.45) is 0. The molecule has 0 aliphatic rings. The van der Waals surface area contributed by atoms with E-state index in [-0.39, 0.29) is 0 Å². The molecule has 0 atom stereocenters. The second-order valence-electron chi connectivity index (χ2n) is 3.96. The van der Waals surface area contributed by atoms with Crippen LogP contribution in [0.15, 0.2) is 24.3 Å². The van der Waals surface area contributed by atoms with Gasteiger partial charge in [0.1, 0.15) is 10.6 Å². The van der Waals surface area contributed by atoms with E-state index in [2.05, 4.69) is 0 Å². The van der Waals surface area contributed by atoms with Gasteiger partial charge >= 0.3 is 5.97 Å². The first kappa shape index (κ1) is 14.7. The first-order valence-corrected chi connectivity index (χ1v) is 7.16. The Hall–Kier alpha value is -1.72. The molecule has 0 amide bonds. The number of rotatable bonds is 4. The number of methoxy groups -OCH3 is 1. The Morgan fingerprint density at radius 2 is 2.15 bits per heavy atom. The third-order valence-corrected chi connectivity index (χ3v) is 4.05. The summed E-state index contributed by atoms with van der Waals surface area (Å²) in [5.74, 6) is 0.225. The van der Waals surface area contributed by atoms with Gasteiger partial charge in [0.25, 0.3) is 0 Å². The Kier molecular flexibility index (Phi) is 4.52. The Balaban J connectivity index is 2.44. The van der Waals surface area contributed by atoms with Crippen molar-refractivity contribution < 1.29 is 14.3 Å². The lowest BCUT2D eigenvalue weighted by Crippen LogP contribution is -2.04. The highest BCUT2D eigenvalue weighted by molar-refractivity contribution is 7.18. The minimum atomic E-state index is -0.408. The number of benzene rings is 1. The Morgan fingerprint density at radius 3 is 2.80 bits per heavy atom. The van der Waals surface area contributed by atoms with Crippen LogP contribution in [0.4, 0.5) is 5.69 Å². The van der Waals surface area contributed by atoms with Gasteiger partial charge < -0.3 is 15.2 Å². The number of nitrogen functional groups attached to an aromatic ring is 1. The summed E-state index contributed by atoms with van der Waals surface area (Å²) in [4.78, 5) is 13.0. The quantitative estimate of drug-likeness (QED) is 0.872. The van der Waals surface area contributed by atoms with Gasteiger partial charge in [-0.3, -0.25) is 0 Å². The molecule has 0 bridgehead atoms. The minimum absolute atomic E-state index is 0.315. The summed E-state index contributed by atoms with van der Waals surface area (Å²) >= 11 is 7.21. The zero-order valence-electron chi connectivity index (χ0n) is 11.1. The lowest BCUT2D eigenvalue weighted by molar-refractivity contribution is 0.0533. The van der Waals surface area contributed by atoms with Crippen molar-refractivity contribution in [2.75, 3.05) is 19.5 Å². The number of esters is 1. The Labute approximate surface area is 126 Å². The van der Waals surface area contributed by atoms with Crippen molar-refractivity contribution in [1.29, 1.82) is 0 Å². The highest BCUT2D eigenvalue weighted by Crippen LogP contribution is 2.39. The van der Waals surface area contributed by atoms with E-state index < -0.39 is 5.97 Å². The number of thiophene rings is 1. The lowest BCUT2D eigenvalue weighted by Gasteiger charge is -2.06. The topological polar surface area (TPSA) is 61.5 Å². The number of carbonyl (C=O) groups is 1. The molecule has 1 aromatic carbocycles. The van der Waals surface area contributed by atoms with Crippen molar-refractivity contribution in [3.05, 3.63) is 34.2 Å². The van der Waals surface area contributed by atoms with Crippen LogP contribution in [0.1, 0.15) is 16.6 Å². The van der Waals surface area contributed by atoms with Gasteiger partial charge in [0.2, 0.25) is 0 Å². The SMILES string of the molecule is CCOC(=O)c1sc(-c2ccc(Cl)cc2OC)cc1N. The Bertz CT molecular complexity index is 639. The molecule has 106 valence electrons. The van der Waals surface area contributed by atoms with Gasteiger partial charge in [-0.25, -0.2) is 4.79 Å². The van der Waals surface area contributed by atoms with E-state index >= 15 is 0 Å². The maximum atomic E-state index is 11.8. The van der Waals surface area contributed by atoms with Crippen LogP contribution >= 0.6 is 22.9 Å². The fourth-order valence-corrected chi connectivity index (χ4v) is 2.93. The molecular weight excluding hydrogens is 298 g/mol. The molecule has 2 aromatic rings. The van der Waals surface area contributed by atoms with E-state index in [1.807, 2.05) is 6.07 Å². The molecular formula is C14H14ClNO3S. The summed E-state index contributed by atoms with van der Waals surface area (Å²) < 4.78 is 10.3. The second-order valence-corrected chi connectivity index (χ2v) is 5.45. The normalized spacial score (nSPS) is 10.3. The van der Waals surface area contributed by atoms with E-state index in [4.69, 9.17) is 26.8 Å². The zero-order valence-corrected chi connectivity index (χ0v) is 12.7. The largest absolute Gasteiger partial charge is 0.496 e. The summed E-state index contributed by atoms with van der Waals surface area (Å²) in [5.41, 5.74) is 7.11. The number of hydrogen-bond donors (Lipinski definition) is 1. The van der Waals surface area contributed by atoms with Gasteiger partial charge in [-0.15, -0.1) is 11.3 Å². The number of ether oxygens (including phenoxy) is 2. The van der Waals surface area contributed by atoms with Crippen molar-refractivity contribution in [3.8, 4) is 16.2 Å². The Morgan fingerprint density at radius 1 is 1.40 bits per heavy atom. The summed E-state index contributed by atoms with van der Waals surface area (Å²) in [6, 6.07) is 7.06. The number of halogens is 1. The highest BCUT2D eigenvalue weighted by Gasteiger charge is 2.18. The molecule has 0 aliphatic heterocycles. The molecule has 20 heavy (non-hydrogen) atoms. The van der Waals surface area contributed by atoms with Gasteiger partial charge in [-0.2, -0.15) is 0 Å². The molecule has 1 aromatic heterocycles. The van der Waals surface area contributed by atoms with Crippen molar-refractivity contribution >= 4 is 34.6 Å². The molecule has 1 heterocycles. The predicted octanol–water partition coefficient (Wildman–Crippen LogP) is 3.84. The van der Waals surface area contributed by atoms with Crippen molar-refractivity contribution in [2.45, 2.75) is 6.92 Å². The number of nitrogens with two attached hydrogens (primary N) is 1. The van der Waals surface area contributed by atoms with E-state index in [1.54, 1.807) is 32.2 Å². The van der Waals surface area contributed by atoms with E-state index in [0.29, 0.717) is 27.9 Å². The van der Waals surface area contributed by atoms with Gasteiger partial charge in [0, 0.05) is 15.5 Å². The number of hydrogen-bond acceptors (Lipinski definition) is 5. The molecule has 0 radical (unpaired) electrons. The van der Waals surface area contributed by atoms with Crippen LogP contribution in [-0.4, -0.2) is 19.7 Å². The van der Waals surface area contributed by atoms with Crippen LogP contribution < -0.4 is 10.5 Å². The zero-order chi connectivity index (χ0) is 14.7. The maximum absolute atomic E-state index is 11.8. The molecule has 0 aliphatic carbocycles. The molecule has 0 saturated carbocycles. The van der Waals surface area contributed by atoms with Crippen LogP contribution in [0.3, 0.4) is 0 Å². The minimum Gasteiger partial charge on any atom is -0.496 e. The van der Waals surface area contributed by atoms with Crippen LogP contribution in [-0.2, 0) is 4.74 Å².